The molecule has 74 valence electrons. The molecular weight excluding hydrogens is 177 g/mol. The number of rotatable bonds is 1. The Labute approximate surface area is 83.7 Å². The first kappa shape index (κ1) is 9.38. The minimum Gasteiger partial charge on any atom is -0.254 e. The average Bonchev–Trinajstić information content (AvgIpc) is 2.20. The van der Waals surface area contributed by atoms with Crippen molar-refractivity contribution in [3.63, 3.8) is 0 Å². The Kier molecular flexibility index (Phi) is 2.62. The Morgan fingerprint density at radius 3 is 3.00 bits per heavy atom. The predicted octanol–water partition coefficient (Wildman–Crippen LogP) is 3.42. The SMILES string of the molecule is CC1CC=C(c2ncccc2F)CC1. The summed E-state index contributed by atoms with van der Waals surface area (Å²) in [7, 11) is 0. The molecule has 0 fully saturated rings. The molecule has 1 aromatic heterocycles. The number of hydrogen-bond acceptors (Lipinski definition) is 1. The summed E-state index contributed by atoms with van der Waals surface area (Å²) in [5.74, 6) is 0.527. The smallest absolute Gasteiger partial charge is 0.149 e. The molecule has 0 spiro atoms. The van der Waals surface area contributed by atoms with Crippen LogP contribution in [0.15, 0.2) is 24.4 Å². The number of hydrogen-bond donors (Lipinski definition) is 0. The van der Waals surface area contributed by atoms with E-state index in [-0.39, 0.29) is 5.82 Å². The van der Waals surface area contributed by atoms with Crippen molar-refractivity contribution in [2.45, 2.75) is 26.2 Å². The molecule has 0 bridgehead atoms. The van der Waals surface area contributed by atoms with Gasteiger partial charge in [0, 0.05) is 6.20 Å². The van der Waals surface area contributed by atoms with Gasteiger partial charge in [-0.1, -0.05) is 13.0 Å². The molecule has 0 saturated heterocycles. The van der Waals surface area contributed by atoms with Crippen LogP contribution in [0.2, 0.25) is 0 Å². The summed E-state index contributed by atoms with van der Waals surface area (Å²) in [6.45, 7) is 2.22. The third-order valence-corrected chi connectivity index (χ3v) is 2.74. The van der Waals surface area contributed by atoms with E-state index in [0.29, 0.717) is 5.69 Å². The fourth-order valence-electron chi connectivity index (χ4n) is 1.80. The number of aromatic nitrogens is 1. The zero-order chi connectivity index (χ0) is 9.97. The summed E-state index contributed by atoms with van der Waals surface area (Å²) in [4.78, 5) is 4.08. The van der Waals surface area contributed by atoms with E-state index >= 15 is 0 Å². The van der Waals surface area contributed by atoms with Crippen LogP contribution in [0.5, 0.6) is 0 Å². The van der Waals surface area contributed by atoms with Gasteiger partial charge in [0.05, 0.1) is 0 Å². The highest BCUT2D eigenvalue weighted by Crippen LogP contribution is 2.29. The Morgan fingerprint density at radius 2 is 2.36 bits per heavy atom. The molecule has 0 aliphatic heterocycles. The van der Waals surface area contributed by atoms with Gasteiger partial charge in [0.1, 0.15) is 11.5 Å². The first-order chi connectivity index (χ1) is 6.77. The number of allylic oxidation sites excluding steroid dienone is 2. The van der Waals surface area contributed by atoms with E-state index in [1.165, 1.54) is 6.07 Å². The van der Waals surface area contributed by atoms with Crippen molar-refractivity contribution in [3.8, 4) is 0 Å². The zero-order valence-electron chi connectivity index (χ0n) is 8.33. The lowest BCUT2D eigenvalue weighted by atomic mass is 9.89. The van der Waals surface area contributed by atoms with Gasteiger partial charge in [-0.2, -0.15) is 0 Å². The molecule has 1 atom stereocenters. The van der Waals surface area contributed by atoms with Crippen molar-refractivity contribution >= 4 is 5.57 Å². The Hall–Kier alpha value is -1.18. The second-order valence-electron chi connectivity index (χ2n) is 3.94. The van der Waals surface area contributed by atoms with Crippen LogP contribution in [0.25, 0.3) is 5.57 Å². The Bertz CT molecular complexity index is 357. The highest BCUT2D eigenvalue weighted by Gasteiger charge is 2.14. The van der Waals surface area contributed by atoms with Crippen molar-refractivity contribution in [3.05, 3.63) is 35.9 Å². The fourth-order valence-corrected chi connectivity index (χ4v) is 1.80. The minimum absolute atomic E-state index is 0.201. The van der Waals surface area contributed by atoms with Crippen LogP contribution >= 0.6 is 0 Å². The maximum atomic E-state index is 13.4. The second kappa shape index (κ2) is 3.91. The van der Waals surface area contributed by atoms with Crippen LogP contribution < -0.4 is 0 Å². The standard InChI is InChI=1S/C12H14FN/c1-9-4-6-10(7-5-9)12-11(13)3-2-8-14-12/h2-3,6,8-9H,4-5,7H2,1H3. The quantitative estimate of drug-likeness (QED) is 0.662. The maximum absolute atomic E-state index is 13.4. The number of halogens is 1. The molecule has 2 heteroatoms. The summed E-state index contributed by atoms with van der Waals surface area (Å²) in [6.07, 6.45) is 6.92. The maximum Gasteiger partial charge on any atom is 0.149 e. The van der Waals surface area contributed by atoms with E-state index in [9.17, 15) is 4.39 Å². The van der Waals surface area contributed by atoms with Crippen LogP contribution in [0.3, 0.4) is 0 Å². The summed E-state index contributed by atoms with van der Waals surface area (Å²) in [5, 5.41) is 0. The molecule has 0 amide bonds. The highest BCUT2D eigenvalue weighted by atomic mass is 19.1. The lowest BCUT2D eigenvalue weighted by Gasteiger charge is -2.17. The summed E-state index contributed by atoms with van der Waals surface area (Å²) >= 11 is 0. The summed E-state index contributed by atoms with van der Waals surface area (Å²) < 4.78 is 13.4. The molecule has 1 heterocycles. The third-order valence-electron chi connectivity index (χ3n) is 2.74. The van der Waals surface area contributed by atoms with Gasteiger partial charge in [-0.05, 0) is 42.9 Å². The monoisotopic (exact) mass is 191 g/mol. The van der Waals surface area contributed by atoms with Gasteiger partial charge in [0.2, 0.25) is 0 Å². The van der Waals surface area contributed by atoms with Gasteiger partial charge in [0.15, 0.2) is 0 Å². The highest BCUT2D eigenvalue weighted by molar-refractivity contribution is 5.63. The van der Waals surface area contributed by atoms with Crippen LogP contribution in [0, 0.1) is 11.7 Å². The lowest BCUT2D eigenvalue weighted by Crippen LogP contribution is -2.03. The molecule has 0 radical (unpaired) electrons. The number of nitrogens with zero attached hydrogens (tertiary/aromatic N) is 1. The molecule has 0 N–H and O–H groups in total. The van der Waals surface area contributed by atoms with Crippen LogP contribution in [0.1, 0.15) is 31.9 Å². The molecule has 0 saturated carbocycles. The molecule has 2 rings (SSSR count). The van der Waals surface area contributed by atoms with Gasteiger partial charge >= 0.3 is 0 Å². The third kappa shape index (κ3) is 1.84. The fraction of sp³-hybridized carbons (Fsp3) is 0.417. The van der Waals surface area contributed by atoms with Gasteiger partial charge in [0.25, 0.3) is 0 Å². The van der Waals surface area contributed by atoms with Crippen LogP contribution in [-0.4, -0.2) is 4.98 Å². The van der Waals surface area contributed by atoms with Crippen LogP contribution in [0.4, 0.5) is 4.39 Å². The molecule has 1 nitrogen and oxygen atoms in total. The molecule has 1 unspecified atom stereocenters. The van der Waals surface area contributed by atoms with Gasteiger partial charge in [-0.25, -0.2) is 4.39 Å². The Morgan fingerprint density at radius 1 is 1.50 bits per heavy atom. The lowest BCUT2D eigenvalue weighted by molar-refractivity contribution is 0.530. The predicted molar refractivity (Wildman–Crippen MR) is 55.2 cm³/mol. The number of pyridine rings is 1. The van der Waals surface area contributed by atoms with E-state index in [4.69, 9.17) is 0 Å². The minimum atomic E-state index is -0.201. The molecule has 1 aromatic rings. The van der Waals surface area contributed by atoms with Crippen molar-refractivity contribution in [1.29, 1.82) is 0 Å². The zero-order valence-corrected chi connectivity index (χ0v) is 8.33. The second-order valence-corrected chi connectivity index (χ2v) is 3.94. The van der Waals surface area contributed by atoms with Gasteiger partial charge < -0.3 is 0 Å². The van der Waals surface area contributed by atoms with Crippen molar-refractivity contribution < 1.29 is 4.39 Å². The molecule has 0 aromatic carbocycles. The van der Waals surface area contributed by atoms with Crippen molar-refractivity contribution in [2.75, 3.05) is 0 Å². The first-order valence-electron chi connectivity index (χ1n) is 5.07. The van der Waals surface area contributed by atoms with E-state index in [0.717, 1.165) is 30.8 Å². The van der Waals surface area contributed by atoms with E-state index in [2.05, 4.69) is 18.0 Å². The molecule has 14 heavy (non-hydrogen) atoms. The van der Waals surface area contributed by atoms with Gasteiger partial charge in [-0.15, -0.1) is 0 Å². The first-order valence-corrected chi connectivity index (χ1v) is 5.07. The topological polar surface area (TPSA) is 12.9 Å². The van der Waals surface area contributed by atoms with Gasteiger partial charge in [-0.3, -0.25) is 4.98 Å². The molecule has 1 aliphatic rings. The Balaban J connectivity index is 2.28. The average molecular weight is 191 g/mol. The van der Waals surface area contributed by atoms with E-state index in [1.54, 1.807) is 12.3 Å². The largest absolute Gasteiger partial charge is 0.254 e. The normalized spacial score (nSPS) is 21.9. The van der Waals surface area contributed by atoms with Crippen LogP contribution in [-0.2, 0) is 0 Å². The molecular formula is C12H14FN. The summed E-state index contributed by atoms with van der Waals surface area (Å²) in [5.41, 5.74) is 1.61. The van der Waals surface area contributed by atoms with Crippen molar-refractivity contribution in [2.24, 2.45) is 5.92 Å². The summed E-state index contributed by atoms with van der Waals surface area (Å²) in [6, 6.07) is 3.10. The van der Waals surface area contributed by atoms with E-state index < -0.39 is 0 Å². The molecule has 1 aliphatic carbocycles. The van der Waals surface area contributed by atoms with E-state index in [1.807, 2.05) is 0 Å². The van der Waals surface area contributed by atoms with Crippen molar-refractivity contribution in [1.82, 2.24) is 4.98 Å².